The number of para-hydroxylation sites is 1. The van der Waals surface area contributed by atoms with Crippen LogP contribution in [0.5, 0.6) is 11.5 Å². The van der Waals surface area contributed by atoms with Crippen molar-refractivity contribution in [3.63, 3.8) is 0 Å². The van der Waals surface area contributed by atoms with E-state index >= 15 is 0 Å². The van der Waals surface area contributed by atoms with E-state index in [1.807, 2.05) is 66.9 Å². The molecular formula is C28H27N5O3. The Morgan fingerprint density at radius 2 is 2.00 bits per heavy atom. The lowest BCUT2D eigenvalue weighted by Gasteiger charge is -2.46. The number of nitrogens with zero attached hydrogens (tertiary/aromatic N) is 5. The predicted octanol–water partition coefficient (Wildman–Crippen LogP) is 3.28. The molecule has 3 aliphatic rings. The molecule has 3 aliphatic heterocycles. The second-order valence-corrected chi connectivity index (χ2v) is 9.61. The lowest BCUT2D eigenvalue weighted by Crippen LogP contribution is -2.53. The third-order valence-corrected chi connectivity index (χ3v) is 7.51. The second-order valence-electron chi connectivity index (χ2n) is 9.61. The fraction of sp³-hybridized carbons (Fsp3) is 0.321. The van der Waals surface area contributed by atoms with Crippen LogP contribution in [-0.2, 0) is 17.9 Å². The topological polar surface area (TPSA) is 83.6 Å². The van der Waals surface area contributed by atoms with Gasteiger partial charge in [-0.2, -0.15) is 5.26 Å². The fourth-order valence-corrected chi connectivity index (χ4v) is 5.59. The number of imidazole rings is 1. The normalized spacial score (nSPS) is 21.2. The summed E-state index contributed by atoms with van der Waals surface area (Å²) in [6.07, 6.45) is 6.47. The van der Waals surface area contributed by atoms with E-state index in [0.717, 1.165) is 59.9 Å². The highest BCUT2D eigenvalue weighted by molar-refractivity contribution is 5.99. The van der Waals surface area contributed by atoms with Crippen LogP contribution in [0.1, 0.15) is 28.8 Å². The Morgan fingerprint density at radius 1 is 1.14 bits per heavy atom. The van der Waals surface area contributed by atoms with Crippen molar-refractivity contribution in [2.24, 2.45) is 5.92 Å². The zero-order chi connectivity index (χ0) is 24.6. The number of aromatic nitrogens is 2. The summed E-state index contributed by atoms with van der Waals surface area (Å²) in [6, 6.07) is 15.9. The Bertz CT molecular complexity index is 1370. The fourth-order valence-electron chi connectivity index (χ4n) is 5.59. The lowest BCUT2D eigenvalue weighted by atomic mass is 9.78. The van der Waals surface area contributed by atoms with Gasteiger partial charge < -0.3 is 18.9 Å². The molecule has 0 bridgehead atoms. The molecule has 1 saturated heterocycles. The maximum absolute atomic E-state index is 12.9. The van der Waals surface area contributed by atoms with Gasteiger partial charge in [0.05, 0.1) is 23.7 Å². The molecule has 0 radical (unpaired) electrons. The number of carbonyl (C=O) groups is 1. The molecule has 0 aliphatic carbocycles. The van der Waals surface area contributed by atoms with Gasteiger partial charge >= 0.3 is 0 Å². The maximum Gasteiger partial charge on any atom is 0.246 e. The Hall–Kier alpha value is -4.09. The van der Waals surface area contributed by atoms with Crippen LogP contribution in [0.2, 0.25) is 0 Å². The highest BCUT2D eigenvalue weighted by Crippen LogP contribution is 2.45. The summed E-state index contributed by atoms with van der Waals surface area (Å²) in [5.74, 6) is 1.68. The molecule has 8 heteroatoms. The number of likely N-dealkylation sites (N-methyl/N-ethyl adjacent to an activating group) is 1. The molecule has 3 aromatic rings. The highest BCUT2D eigenvalue weighted by atomic mass is 16.7. The van der Waals surface area contributed by atoms with E-state index in [1.165, 1.54) is 0 Å². The number of piperidine rings is 1. The molecular weight excluding hydrogens is 454 g/mol. The highest BCUT2D eigenvalue weighted by Gasteiger charge is 2.41. The van der Waals surface area contributed by atoms with Crippen molar-refractivity contribution in [3.8, 4) is 17.6 Å². The van der Waals surface area contributed by atoms with Crippen LogP contribution in [0.25, 0.3) is 5.57 Å². The third kappa shape index (κ3) is 4.01. The molecule has 2 aromatic carbocycles. The van der Waals surface area contributed by atoms with Crippen LogP contribution in [0.3, 0.4) is 0 Å². The monoisotopic (exact) mass is 481 g/mol. The number of amides is 1. The van der Waals surface area contributed by atoms with Crippen molar-refractivity contribution >= 4 is 11.5 Å². The molecule has 182 valence electrons. The van der Waals surface area contributed by atoms with Gasteiger partial charge in [0.1, 0.15) is 0 Å². The molecule has 0 spiro atoms. The van der Waals surface area contributed by atoms with E-state index in [9.17, 15) is 4.79 Å². The minimum absolute atomic E-state index is 0.0386. The van der Waals surface area contributed by atoms with E-state index in [4.69, 9.17) is 14.7 Å². The summed E-state index contributed by atoms with van der Waals surface area (Å²) in [5, 5.41) is 9.05. The number of nitriles is 1. The van der Waals surface area contributed by atoms with Crippen molar-refractivity contribution in [1.82, 2.24) is 19.4 Å². The van der Waals surface area contributed by atoms with E-state index < -0.39 is 0 Å². The van der Waals surface area contributed by atoms with Crippen molar-refractivity contribution in [2.75, 3.05) is 26.9 Å². The zero-order valence-corrected chi connectivity index (χ0v) is 20.1. The maximum atomic E-state index is 12.9. The summed E-state index contributed by atoms with van der Waals surface area (Å²) in [6.45, 7) is 3.42. The largest absolute Gasteiger partial charge is 0.454 e. The standard InChI is InChI=1S/C28H27N5O3/c1-31-25-9-10-32(15-21-13-30-17-33(21)14-20-7-5-19(12-29)6-8-20)16-24(25)23(11-27(31)34)22-3-2-4-26-28(22)36-18-35-26/h2-8,11,13,17,24-25H,9-10,14-16,18H2,1H3. The predicted molar refractivity (Wildman–Crippen MR) is 133 cm³/mol. The first-order valence-electron chi connectivity index (χ1n) is 12.2. The van der Waals surface area contributed by atoms with Gasteiger partial charge in [-0.1, -0.05) is 24.3 Å². The summed E-state index contributed by atoms with van der Waals surface area (Å²) in [5.41, 5.74) is 4.91. The van der Waals surface area contributed by atoms with Gasteiger partial charge in [-0.05, 0) is 35.8 Å². The first-order valence-corrected chi connectivity index (χ1v) is 12.2. The smallest absolute Gasteiger partial charge is 0.246 e. The first-order chi connectivity index (χ1) is 17.6. The number of hydrogen-bond donors (Lipinski definition) is 0. The number of carbonyl (C=O) groups excluding carboxylic acids is 1. The van der Waals surface area contributed by atoms with Gasteiger partial charge in [-0.25, -0.2) is 4.98 Å². The minimum Gasteiger partial charge on any atom is -0.454 e. The average Bonchev–Trinajstić information content (AvgIpc) is 3.56. The van der Waals surface area contributed by atoms with Gasteiger partial charge in [0, 0.05) is 63.0 Å². The van der Waals surface area contributed by atoms with Gasteiger partial charge in [-0.15, -0.1) is 0 Å². The number of rotatable bonds is 5. The molecule has 8 nitrogen and oxygen atoms in total. The Kier molecular flexibility index (Phi) is 5.70. The Balaban J connectivity index is 1.23. The molecule has 0 saturated carbocycles. The van der Waals surface area contributed by atoms with E-state index in [0.29, 0.717) is 12.1 Å². The van der Waals surface area contributed by atoms with Crippen LogP contribution in [0.4, 0.5) is 0 Å². The number of ether oxygens (including phenoxy) is 2. The van der Waals surface area contributed by atoms with E-state index in [2.05, 4.69) is 20.5 Å². The van der Waals surface area contributed by atoms with Crippen LogP contribution in [0.15, 0.2) is 61.1 Å². The quantitative estimate of drug-likeness (QED) is 0.556. The number of fused-ring (bicyclic) bond motifs is 2. The molecule has 4 heterocycles. The molecule has 6 rings (SSSR count). The van der Waals surface area contributed by atoms with Gasteiger partial charge in [-0.3, -0.25) is 9.69 Å². The number of likely N-dealkylation sites (tertiary alicyclic amines) is 1. The van der Waals surface area contributed by atoms with Crippen molar-refractivity contribution in [1.29, 1.82) is 5.26 Å². The van der Waals surface area contributed by atoms with E-state index in [-0.39, 0.29) is 24.7 Å². The molecule has 1 fully saturated rings. The van der Waals surface area contributed by atoms with Crippen LogP contribution in [0, 0.1) is 17.2 Å². The average molecular weight is 482 g/mol. The summed E-state index contributed by atoms with van der Waals surface area (Å²) >= 11 is 0. The third-order valence-electron chi connectivity index (χ3n) is 7.51. The lowest BCUT2D eigenvalue weighted by molar-refractivity contribution is -0.129. The molecule has 1 aromatic heterocycles. The molecule has 36 heavy (non-hydrogen) atoms. The minimum atomic E-state index is 0.0386. The Labute approximate surface area is 210 Å². The Morgan fingerprint density at radius 3 is 2.83 bits per heavy atom. The van der Waals surface area contributed by atoms with Gasteiger partial charge in [0.25, 0.3) is 0 Å². The summed E-state index contributed by atoms with van der Waals surface area (Å²) < 4.78 is 13.6. The van der Waals surface area contributed by atoms with Crippen LogP contribution in [-0.4, -0.2) is 58.2 Å². The second kappa shape index (κ2) is 9.17. The molecule has 1 amide bonds. The van der Waals surface area contributed by atoms with E-state index in [1.54, 1.807) is 6.08 Å². The number of hydrogen-bond acceptors (Lipinski definition) is 6. The van der Waals surface area contributed by atoms with Crippen molar-refractivity contribution in [3.05, 3.63) is 83.4 Å². The summed E-state index contributed by atoms with van der Waals surface area (Å²) in [7, 11) is 1.91. The van der Waals surface area contributed by atoms with Gasteiger partial charge in [0.2, 0.25) is 12.7 Å². The van der Waals surface area contributed by atoms with Crippen molar-refractivity contribution in [2.45, 2.75) is 25.6 Å². The summed E-state index contributed by atoms with van der Waals surface area (Å²) in [4.78, 5) is 21.6. The van der Waals surface area contributed by atoms with Gasteiger partial charge in [0.15, 0.2) is 11.5 Å². The van der Waals surface area contributed by atoms with Crippen LogP contribution < -0.4 is 9.47 Å². The zero-order valence-electron chi connectivity index (χ0n) is 20.1. The molecule has 2 atom stereocenters. The first kappa shape index (κ1) is 22.4. The SMILES string of the molecule is CN1C(=O)C=C(c2cccc3c2OCO3)C2CN(Cc3cncn3Cc3ccc(C#N)cc3)CCC21. The molecule has 0 N–H and O–H groups in total. The van der Waals surface area contributed by atoms with Crippen molar-refractivity contribution < 1.29 is 14.3 Å². The van der Waals surface area contributed by atoms with Crippen LogP contribution >= 0.6 is 0 Å². The molecule has 2 unspecified atom stereocenters. The number of benzene rings is 2.